The van der Waals surface area contributed by atoms with Gasteiger partial charge in [0.25, 0.3) is 0 Å². The van der Waals surface area contributed by atoms with Crippen LogP contribution in [0.15, 0.2) is 72.8 Å². The van der Waals surface area contributed by atoms with Crippen molar-refractivity contribution in [2.24, 2.45) is 0 Å². The van der Waals surface area contributed by atoms with Crippen LogP contribution in [0.3, 0.4) is 0 Å². The Balaban J connectivity index is 1.90. The molecule has 1 aromatic heterocycles. The minimum absolute atomic E-state index is 0.163. The van der Waals surface area contributed by atoms with E-state index in [-0.39, 0.29) is 11.7 Å². The largest absolute Gasteiger partial charge is 0.507 e. The number of fused-ring (bicyclic) bond motifs is 4. The van der Waals surface area contributed by atoms with Crippen LogP contribution in [0, 0.1) is 6.92 Å². The van der Waals surface area contributed by atoms with Crippen molar-refractivity contribution >= 4 is 38.4 Å². The van der Waals surface area contributed by atoms with E-state index in [1.165, 1.54) is 0 Å². The average molecular weight is 409 g/mol. The summed E-state index contributed by atoms with van der Waals surface area (Å²) < 4.78 is 7.53. The second-order valence-electron chi connectivity index (χ2n) is 7.79. The SMILES string of the molecule is CCOC(=O)c1c(C)n(Cc2ccccc2)c2c1cc(O)c1cc3ccccc3cc12. The monoisotopic (exact) mass is 409 g/mol. The van der Waals surface area contributed by atoms with Gasteiger partial charge in [-0.1, -0.05) is 54.6 Å². The number of phenols is 1. The number of hydrogen-bond donors (Lipinski definition) is 1. The van der Waals surface area contributed by atoms with Crippen molar-refractivity contribution in [3.05, 3.63) is 89.6 Å². The van der Waals surface area contributed by atoms with Gasteiger partial charge in [0.1, 0.15) is 5.75 Å². The van der Waals surface area contributed by atoms with Gasteiger partial charge in [0.05, 0.1) is 17.7 Å². The number of hydrogen-bond acceptors (Lipinski definition) is 3. The van der Waals surface area contributed by atoms with Gasteiger partial charge in [-0.05, 0) is 48.4 Å². The molecule has 4 heteroatoms. The highest BCUT2D eigenvalue weighted by atomic mass is 16.5. The van der Waals surface area contributed by atoms with Gasteiger partial charge >= 0.3 is 5.97 Å². The molecule has 1 N–H and O–H groups in total. The Hall–Kier alpha value is -3.79. The first kappa shape index (κ1) is 19.2. The Labute approximate surface area is 180 Å². The van der Waals surface area contributed by atoms with Crippen LogP contribution in [-0.2, 0) is 11.3 Å². The topological polar surface area (TPSA) is 51.5 Å². The summed E-state index contributed by atoms with van der Waals surface area (Å²) in [6.45, 7) is 4.66. The molecule has 1 heterocycles. The molecule has 5 aromatic rings. The van der Waals surface area contributed by atoms with E-state index in [2.05, 4.69) is 28.8 Å². The van der Waals surface area contributed by atoms with Crippen LogP contribution in [0.4, 0.5) is 0 Å². The molecule has 0 fully saturated rings. The fourth-order valence-electron chi connectivity index (χ4n) is 4.48. The third-order valence-electron chi connectivity index (χ3n) is 5.92. The first-order valence-electron chi connectivity index (χ1n) is 10.5. The summed E-state index contributed by atoms with van der Waals surface area (Å²) in [5.41, 5.74) is 3.42. The van der Waals surface area contributed by atoms with E-state index in [1.807, 2.05) is 49.4 Å². The van der Waals surface area contributed by atoms with Crippen LogP contribution >= 0.6 is 0 Å². The lowest BCUT2D eigenvalue weighted by Crippen LogP contribution is -2.08. The first-order chi connectivity index (χ1) is 15.1. The zero-order valence-electron chi connectivity index (χ0n) is 17.6. The number of esters is 1. The van der Waals surface area contributed by atoms with Crippen molar-refractivity contribution in [3.8, 4) is 5.75 Å². The number of benzene rings is 4. The van der Waals surface area contributed by atoms with E-state index in [4.69, 9.17) is 4.74 Å². The van der Waals surface area contributed by atoms with Crippen LogP contribution in [0.1, 0.15) is 28.5 Å². The minimum atomic E-state index is -0.364. The van der Waals surface area contributed by atoms with E-state index in [1.54, 1.807) is 13.0 Å². The van der Waals surface area contributed by atoms with Crippen LogP contribution in [0.5, 0.6) is 5.75 Å². The molecular formula is C27H23NO3. The van der Waals surface area contributed by atoms with Crippen LogP contribution in [-0.4, -0.2) is 22.2 Å². The summed E-state index contributed by atoms with van der Waals surface area (Å²) in [5, 5.41) is 15.5. The molecule has 0 radical (unpaired) electrons. The molecule has 0 aliphatic carbocycles. The predicted molar refractivity (Wildman–Crippen MR) is 125 cm³/mol. The Bertz CT molecular complexity index is 1450. The van der Waals surface area contributed by atoms with Crippen molar-refractivity contribution in [1.29, 1.82) is 0 Å². The molecule has 4 nitrogen and oxygen atoms in total. The first-order valence-corrected chi connectivity index (χ1v) is 10.5. The molecule has 0 aliphatic heterocycles. The molecule has 4 aromatic carbocycles. The van der Waals surface area contributed by atoms with Gasteiger partial charge in [0, 0.05) is 28.4 Å². The Kier molecular flexibility index (Phi) is 4.63. The molecule has 0 atom stereocenters. The summed E-state index contributed by atoms with van der Waals surface area (Å²) in [5.74, 6) is -0.202. The fraction of sp³-hybridized carbons (Fsp3) is 0.148. The van der Waals surface area contributed by atoms with Gasteiger partial charge in [-0.2, -0.15) is 0 Å². The second-order valence-corrected chi connectivity index (χ2v) is 7.79. The van der Waals surface area contributed by atoms with Gasteiger partial charge in [-0.3, -0.25) is 0 Å². The number of ether oxygens (including phenoxy) is 1. The van der Waals surface area contributed by atoms with Crippen molar-refractivity contribution in [1.82, 2.24) is 4.57 Å². The lowest BCUT2D eigenvalue weighted by molar-refractivity contribution is 0.0527. The highest BCUT2D eigenvalue weighted by molar-refractivity contribution is 6.18. The Morgan fingerprint density at radius 3 is 2.23 bits per heavy atom. The van der Waals surface area contributed by atoms with E-state index in [0.29, 0.717) is 24.1 Å². The maximum absolute atomic E-state index is 12.9. The standard InChI is InChI=1S/C27H23NO3/c1-3-31-27(30)25-17(2)28(16-18-9-5-4-6-10-18)26-22-14-20-12-8-7-11-19(20)13-21(22)24(29)15-23(25)26/h4-15,29H,3,16H2,1-2H3. The number of aromatic hydroxyl groups is 1. The van der Waals surface area contributed by atoms with Crippen LogP contribution in [0.25, 0.3) is 32.4 Å². The fourth-order valence-corrected chi connectivity index (χ4v) is 4.48. The molecule has 0 amide bonds. The highest BCUT2D eigenvalue weighted by Gasteiger charge is 2.24. The van der Waals surface area contributed by atoms with E-state index >= 15 is 0 Å². The van der Waals surface area contributed by atoms with E-state index in [0.717, 1.165) is 38.3 Å². The molecule has 0 saturated carbocycles. The summed E-state index contributed by atoms with van der Waals surface area (Å²) in [6.07, 6.45) is 0. The molecular weight excluding hydrogens is 386 g/mol. The molecule has 154 valence electrons. The molecule has 0 bridgehead atoms. The summed E-state index contributed by atoms with van der Waals surface area (Å²) in [7, 11) is 0. The van der Waals surface area contributed by atoms with Crippen molar-refractivity contribution in [3.63, 3.8) is 0 Å². The van der Waals surface area contributed by atoms with Gasteiger partial charge in [-0.15, -0.1) is 0 Å². The molecule has 0 aliphatic rings. The maximum Gasteiger partial charge on any atom is 0.340 e. The number of rotatable bonds is 4. The van der Waals surface area contributed by atoms with Crippen LogP contribution in [0.2, 0.25) is 0 Å². The van der Waals surface area contributed by atoms with Crippen LogP contribution < -0.4 is 0 Å². The normalized spacial score (nSPS) is 11.4. The Morgan fingerprint density at radius 1 is 0.903 bits per heavy atom. The molecule has 0 saturated heterocycles. The summed E-state index contributed by atoms with van der Waals surface area (Å²) in [6, 6.07) is 24.1. The maximum atomic E-state index is 12.9. The highest BCUT2D eigenvalue weighted by Crippen LogP contribution is 2.39. The van der Waals surface area contributed by atoms with E-state index in [9.17, 15) is 9.90 Å². The minimum Gasteiger partial charge on any atom is -0.507 e. The number of aromatic nitrogens is 1. The number of nitrogens with zero attached hydrogens (tertiary/aromatic N) is 1. The zero-order valence-corrected chi connectivity index (χ0v) is 17.6. The number of carbonyl (C=O) groups excluding carboxylic acids is 1. The molecule has 0 unspecified atom stereocenters. The lowest BCUT2D eigenvalue weighted by Gasteiger charge is -2.12. The molecule has 0 spiro atoms. The van der Waals surface area contributed by atoms with Gasteiger partial charge in [0.15, 0.2) is 0 Å². The third-order valence-corrected chi connectivity index (χ3v) is 5.92. The van der Waals surface area contributed by atoms with E-state index < -0.39 is 0 Å². The van der Waals surface area contributed by atoms with Crippen molar-refractivity contribution < 1.29 is 14.6 Å². The molecule has 5 rings (SSSR count). The zero-order chi connectivity index (χ0) is 21.5. The quantitative estimate of drug-likeness (QED) is 0.285. The van der Waals surface area contributed by atoms with Crippen molar-refractivity contribution in [2.45, 2.75) is 20.4 Å². The van der Waals surface area contributed by atoms with Crippen molar-refractivity contribution in [2.75, 3.05) is 6.61 Å². The predicted octanol–water partition coefficient (Wildman–Crippen LogP) is 6.19. The molecule has 31 heavy (non-hydrogen) atoms. The second kappa shape index (κ2) is 7.47. The Morgan fingerprint density at radius 2 is 1.55 bits per heavy atom. The van der Waals surface area contributed by atoms with Gasteiger partial charge in [0.2, 0.25) is 0 Å². The summed E-state index contributed by atoms with van der Waals surface area (Å²) in [4.78, 5) is 12.9. The average Bonchev–Trinajstić information content (AvgIpc) is 3.05. The third kappa shape index (κ3) is 3.12. The number of carbonyl (C=O) groups is 1. The van der Waals surface area contributed by atoms with Gasteiger partial charge < -0.3 is 14.4 Å². The lowest BCUT2D eigenvalue weighted by atomic mass is 9.99. The van der Waals surface area contributed by atoms with Gasteiger partial charge in [-0.25, -0.2) is 4.79 Å². The number of phenolic OH excluding ortho intramolecular Hbond substituents is 1. The smallest absolute Gasteiger partial charge is 0.340 e. The summed E-state index contributed by atoms with van der Waals surface area (Å²) >= 11 is 0.